The zero-order valence-corrected chi connectivity index (χ0v) is 47.2. The van der Waals surface area contributed by atoms with Gasteiger partial charge in [-0.3, -0.25) is 0 Å². The molecule has 2 aliphatic rings. The van der Waals surface area contributed by atoms with Crippen LogP contribution in [0.4, 0.5) is 17.1 Å². The highest BCUT2D eigenvalue weighted by Crippen LogP contribution is 2.51. The molecule has 8 aromatic rings. The average Bonchev–Trinajstić information content (AvgIpc) is 3.60. The van der Waals surface area contributed by atoms with Crippen LogP contribution in [0.2, 0.25) is 0 Å². The molecule has 1 heteroatoms. The molecule has 0 heterocycles. The van der Waals surface area contributed by atoms with Gasteiger partial charge in [0.15, 0.2) is 0 Å². The Hall–Kier alpha value is -6.44. The summed E-state index contributed by atoms with van der Waals surface area (Å²) in [6.45, 7) is 32.8. The molecular weight excluding hydrogens is 891 g/mol. The number of fused-ring (bicyclic) bond motifs is 3. The highest BCUT2D eigenvalue weighted by molar-refractivity contribution is 5.87. The fraction of sp³-hybridized carbons (Fsp3) is 0.342. The zero-order chi connectivity index (χ0) is 52.5. The Bertz CT molecular complexity index is 3290. The minimum atomic E-state index is -0.125. The van der Waals surface area contributed by atoms with Gasteiger partial charge in [-0.05, 0) is 177 Å². The summed E-state index contributed by atoms with van der Waals surface area (Å²) in [6, 6.07) is 66.1. The van der Waals surface area contributed by atoms with Crippen molar-refractivity contribution in [1.82, 2.24) is 0 Å². The third-order valence-corrected chi connectivity index (χ3v) is 16.7. The van der Waals surface area contributed by atoms with Crippen molar-refractivity contribution in [1.29, 1.82) is 0 Å². The molecule has 74 heavy (non-hydrogen) atoms. The summed E-state index contributed by atoms with van der Waals surface area (Å²) in [4.78, 5) is 2.50. The predicted molar refractivity (Wildman–Crippen MR) is 321 cm³/mol. The Labute approximate surface area is 446 Å². The minimum absolute atomic E-state index is 0.0203. The van der Waals surface area contributed by atoms with E-state index in [-0.39, 0.29) is 27.1 Å². The molecule has 0 amide bonds. The Morgan fingerprint density at radius 2 is 0.743 bits per heavy atom. The first kappa shape index (κ1) is 51.1. The predicted octanol–water partition coefficient (Wildman–Crippen LogP) is 21.4. The molecule has 0 aliphatic heterocycles. The summed E-state index contributed by atoms with van der Waals surface area (Å²) in [5.74, 6) is 0.703. The Morgan fingerprint density at radius 3 is 1.28 bits per heavy atom. The van der Waals surface area contributed by atoms with Crippen LogP contribution in [0.3, 0.4) is 0 Å². The van der Waals surface area contributed by atoms with E-state index in [1.165, 1.54) is 132 Å². The second-order valence-electron chi connectivity index (χ2n) is 26.7. The van der Waals surface area contributed by atoms with Crippen LogP contribution in [-0.4, -0.2) is 0 Å². The smallest absolute Gasteiger partial charge is 0.0470 e. The molecule has 10 rings (SSSR count). The maximum Gasteiger partial charge on any atom is 0.0470 e. The zero-order valence-electron chi connectivity index (χ0n) is 47.2. The fourth-order valence-electron chi connectivity index (χ4n) is 11.7. The van der Waals surface area contributed by atoms with Crippen LogP contribution in [-0.2, 0) is 27.1 Å². The molecule has 1 saturated carbocycles. The van der Waals surface area contributed by atoms with Gasteiger partial charge in [-0.2, -0.15) is 0 Å². The molecule has 0 radical (unpaired) electrons. The van der Waals surface area contributed by atoms with Crippen molar-refractivity contribution in [2.75, 3.05) is 4.90 Å². The van der Waals surface area contributed by atoms with Crippen LogP contribution < -0.4 is 4.90 Å². The van der Waals surface area contributed by atoms with Crippen LogP contribution in [0.25, 0.3) is 55.6 Å². The number of anilines is 3. The van der Waals surface area contributed by atoms with E-state index in [0.717, 1.165) is 11.4 Å². The maximum atomic E-state index is 2.50. The summed E-state index contributed by atoms with van der Waals surface area (Å²) in [7, 11) is 0. The lowest BCUT2D eigenvalue weighted by Gasteiger charge is -2.30. The molecule has 0 bridgehead atoms. The molecule has 0 aromatic heterocycles. The molecule has 0 saturated heterocycles. The van der Waals surface area contributed by atoms with Crippen molar-refractivity contribution in [3.8, 4) is 55.6 Å². The quantitative estimate of drug-likeness (QED) is 0.147. The average molecular weight is 972 g/mol. The SMILES string of the molecule is CC(C)(C)c1cc(-c2ccc(-c3cc(N(c4ccc(-c5ccc(C6CCCCC6)cc5)cc4)c4ccc5c(c4)C(C)(C)c4ccccc4-5)cc(C(C)(C)C)c3)cc2)cc(-c2cc(C(C)(C)C)cc(C(C)(C)C)c2)c1. The second kappa shape index (κ2) is 19.0. The van der Waals surface area contributed by atoms with Gasteiger partial charge >= 0.3 is 0 Å². The van der Waals surface area contributed by atoms with Crippen LogP contribution >= 0.6 is 0 Å². The van der Waals surface area contributed by atoms with E-state index >= 15 is 0 Å². The summed E-state index contributed by atoms with van der Waals surface area (Å²) < 4.78 is 0. The van der Waals surface area contributed by atoms with Gasteiger partial charge in [0.1, 0.15) is 0 Å². The van der Waals surface area contributed by atoms with Crippen molar-refractivity contribution in [2.24, 2.45) is 0 Å². The van der Waals surface area contributed by atoms with Crippen molar-refractivity contribution in [3.05, 3.63) is 209 Å². The van der Waals surface area contributed by atoms with Gasteiger partial charge in [0.2, 0.25) is 0 Å². The van der Waals surface area contributed by atoms with Crippen LogP contribution in [0, 0.1) is 0 Å². The van der Waals surface area contributed by atoms with Gasteiger partial charge in [-0.1, -0.05) is 244 Å². The third-order valence-electron chi connectivity index (χ3n) is 16.7. The van der Waals surface area contributed by atoms with E-state index in [0.29, 0.717) is 5.92 Å². The van der Waals surface area contributed by atoms with E-state index in [9.17, 15) is 0 Å². The molecule has 0 unspecified atom stereocenters. The third kappa shape index (κ3) is 10.2. The number of benzene rings is 8. The van der Waals surface area contributed by atoms with E-state index < -0.39 is 0 Å². The Balaban J connectivity index is 1.07. The van der Waals surface area contributed by atoms with E-state index in [1.54, 1.807) is 0 Å². The lowest BCUT2D eigenvalue weighted by molar-refractivity contribution is 0.443. The molecule has 378 valence electrons. The first-order valence-corrected chi connectivity index (χ1v) is 27.8. The van der Waals surface area contributed by atoms with Gasteiger partial charge in [0.25, 0.3) is 0 Å². The van der Waals surface area contributed by atoms with Crippen LogP contribution in [0.1, 0.15) is 174 Å². The van der Waals surface area contributed by atoms with E-state index in [1.807, 2.05) is 0 Å². The van der Waals surface area contributed by atoms with Gasteiger partial charge in [0.05, 0.1) is 0 Å². The lowest BCUT2D eigenvalue weighted by atomic mass is 9.78. The van der Waals surface area contributed by atoms with Crippen molar-refractivity contribution < 1.29 is 0 Å². The lowest BCUT2D eigenvalue weighted by Crippen LogP contribution is -2.17. The molecule has 2 aliphatic carbocycles. The minimum Gasteiger partial charge on any atom is -0.310 e. The van der Waals surface area contributed by atoms with Gasteiger partial charge in [-0.15, -0.1) is 0 Å². The fourth-order valence-corrected chi connectivity index (χ4v) is 11.7. The highest BCUT2D eigenvalue weighted by atomic mass is 15.1. The first-order valence-electron chi connectivity index (χ1n) is 27.8. The topological polar surface area (TPSA) is 3.24 Å². The normalized spacial score (nSPS) is 14.9. The Kier molecular flexibility index (Phi) is 13.1. The van der Waals surface area contributed by atoms with Crippen LogP contribution in [0.15, 0.2) is 170 Å². The van der Waals surface area contributed by atoms with Gasteiger partial charge in [-0.25, -0.2) is 0 Å². The molecular formula is C73H81N. The number of nitrogens with zero attached hydrogens (tertiary/aromatic N) is 1. The van der Waals surface area contributed by atoms with E-state index in [2.05, 4.69) is 272 Å². The molecule has 0 spiro atoms. The molecule has 1 fully saturated rings. The highest BCUT2D eigenvalue weighted by Gasteiger charge is 2.36. The monoisotopic (exact) mass is 972 g/mol. The maximum absolute atomic E-state index is 2.50. The van der Waals surface area contributed by atoms with Crippen molar-refractivity contribution in [2.45, 2.75) is 162 Å². The number of rotatable bonds is 8. The van der Waals surface area contributed by atoms with Crippen molar-refractivity contribution >= 4 is 17.1 Å². The van der Waals surface area contributed by atoms with Gasteiger partial charge < -0.3 is 4.90 Å². The van der Waals surface area contributed by atoms with E-state index in [4.69, 9.17) is 0 Å². The summed E-state index contributed by atoms with van der Waals surface area (Å²) in [5, 5.41) is 0. The summed E-state index contributed by atoms with van der Waals surface area (Å²) >= 11 is 0. The largest absolute Gasteiger partial charge is 0.310 e. The second-order valence-corrected chi connectivity index (χ2v) is 26.7. The number of hydrogen-bond acceptors (Lipinski definition) is 1. The summed E-state index contributed by atoms with van der Waals surface area (Å²) in [5.41, 5.74) is 25.6. The molecule has 0 atom stereocenters. The molecule has 8 aromatic carbocycles. The number of hydrogen-bond donors (Lipinski definition) is 0. The molecule has 1 nitrogen and oxygen atoms in total. The van der Waals surface area contributed by atoms with Crippen molar-refractivity contribution in [3.63, 3.8) is 0 Å². The van der Waals surface area contributed by atoms with Crippen LogP contribution in [0.5, 0.6) is 0 Å². The Morgan fingerprint density at radius 1 is 0.338 bits per heavy atom. The molecule has 0 N–H and O–H groups in total. The standard InChI is InChI=1S/C73H81N/c1-69(2,3)58-39-54(38-55(40-58)56-41-59(70(4,5)6)45-60(42-56)71(7,8)9)52-28-30-53(31-29-52)57-43-61(72(10,11)12)46-64(44-57)74(63-36-37-66-65-22-18-19-23-67(65)73(13,14)68(66)47-63)62-34-32-51(33-35-62)50-26-24-49(25-27-50)48-20-16-15-17-21-48/h18-19,22-48H,15-17,20-21H2,1-14H3. The summed E-state index contributed by atoms with van der Waals surface area (Å²) in [6.07, 6.45) is 6.72. The first-order chi connectivity index (χ1) is 34.9. The van der Waals surface area contributed by atoms with Gasteiger partial charge in [0, 0.05) is 22.5 Å².